The first-order chi connectivity index (χ1) is 20.1. The lowest BCUT2D eigenvalue weighted by atomic mass is 9.90. The Balaban J connectivity index is 1.74. The number of aromatic nitrogens is 1. The maximum absolute atomic E-state index is 13.7. The summed E-state index contributed by atoms with van der Waals surface area (Å²) in [5, 5.41) is 24.6. The average Bonchev–Trinajstić information content (AvgIpc) is 3.32. The first kappa shape index (κ1) is 30.5. The molecule has 3 aromatic rings. The summed E-state index contributed by atoms with van der Waals surface area (Å²) in [5.41, 5.74) is 1.68. The summed E-state index contributed by atoms with van der Waals surface area (Å²) >= 11 is 0. The van der Waals surface area contributed by atoms with Crippen molar-refractivity contribution >= 4 is 45.2 Å². The number of rotatable bonds is 11. The third kappa shape index (κ3) is 6.22. The molecule has 1 amide bonds. The van der Waals surface area contributed by atoms with Gasteiger partial charge in [0.25, 0.3) is 0 Å². The molecule has 42 heavy (non-hydrogen) atoms. The fraction of sp³-hybridized carbons (Fsp3) is 0.433. The lowest BCUT2D eigenvalue weighted by Gasteiger charge is -2.39. The maximum Gasteiger partial charge on any atom is 0.683 e. The monoisotopic (exact) mass is 575 g/mol. The number of fused-ring (bicyclic) bond motifs is 3. The summed E-state index contributed by atoms with van der Waals surface area (Å²) in [7, 11) is 0. The molecule has 12 nitrogen and oxygen atoms in total. The molecule has 2 heterocycles. The van der Waals surface area contributed by atoms with E-state index in [-0.39, 0.29) is 29.9 Å². The lowest BCUT2D eigenvalue weighted by molar-refractivity contribution is -0.396. The van der Waals surface area contributed by atoms with Crippen molar-refractivity contribution in [1.29, 1.82) is 5.26 Å². The summed E-state index contributed by atoms with van der Waals surface area (Å²) < 4.78 is 7.55. The Bertz CT molecular complexity index is 1610. The van der Waals surface area contributed by atoms with Gasteiger partial charge in [-0.05, 0) is 76.4 Å². The van der Waals surface area contributed by atoms with Crippen LogP contribution in [-0.2, 0) is 16.1 Å². The van der Waals surface area contributed by atoms with Crippen LogP contribution in [0.25, 0.3) is 21.8 Å². The molecule has 2 aromatic carbocycles. The van der Waals surface area contributed by atoms with Crippen molar-refractivity contribution in [3.8, 4) is 6.07 Å². The molecule has 1 saturated heterocycles. The van der Waals surface area contributed by atoms with Gasteiger partial charge in [-0.2, -0.15) is 10.1 Å². The predicted molar refractivity (Wildman–Crippen MR) is 155 cm³/mol. The number of ketones is 2. The Morgan fingerprint density at radius 3 is 2.29 bits per heavy atom. The van der Waals surface area contributed by atoms with Crippen LogP contribution >= 0.6 is 0 Å². The number of amides is 1. The zero-order chi connectivity index (χ0) is 30.4. The number of aryl methyl sites for hydroxylation is 1. The van der Waals surface area contributed by atoms with Crippen LogP contribution in [0.2, 0.25) is 0 Å². The van der Waals surface area contributed by atoms with Gasteiger partial charge in [0.2, 0.25) is 5.78 Å². The average molecular weight is 576 g/mol. The predicted octanol–water partition coefficient (Wildman–Crippen LogP) is 5.14. The fourth-order valence-corrected chi connectivity index (χ4v) is 5.34. The van der Waals surface area contributed by atoms with Gasteiger partial charge in [-0.1, -0.05) is 5.16 Å². The molecule has 0 bridgehead atoms. The molecule has 0 unspecified atom stereocenters. The van der Waals surface area contributed by atoms with Gasteiger partial charge in [-0.15, -0.1) is 0 Å². The number of ether oxygens (including phenoxy) is 1. The van der Waals surface area contributed by atoms with Crippen molar-refractivity contribution in [3.63, 3.8) is 0 Å². The highest BCUT2D eigenvalue weighted by molar-refractivity contribution is 6.46. The number of hydrogen-bond donors (Lipinski definition) is 0. The van der Waals surface area contributed by atoms with Gasteiger partial charge in [0.15, 0.2) is 5.78 Å². The number of oxime groups is 1. The number of carbonyl (C=O) groups is 3. The van der Waals surface area contributed by atoms with Crippen LogP contribution in [0.15, 0.2) is 41.6 Å². The van der Waals surface area contributed by atoms with Gasteiger partial charge >= 0.3 is 6.09 Å². The zero-order valence-electron chi connectivity index (χ0n) is 23.9. The van der Waals surface area contributed by atoms with Gasteiger partial charge in [0, 0.05) is 59.0 Å². The van der Waals surface area contributed by atoms with Crippen molar-refractivity contribution in [2.24, 2.45) is 5.16 Å². The van der Waals surface area contributed by atoms with E-state index in [1.165, 1.54) is 0 Å². The minimum absolute atomic E-state index is 0.0182. The molecule has 0 aliphatic carbocycles. The fourth-order valence-electron chi connectivity index (χ4n) is 5.34. The largest absolute Gasteiger partial charge is 0.683 e. The van der Waals surface area contributed by atoms with Crippen LogP contribution in [0.5, 0.6) is 0 Å². The normalized spacial score (nSPS) is 14.6. The van der Waals surface area contributed by atoms with E-state index in [4.69, 9.17) is 10.00 Å². The van der Waals surface area contributed by atoms with E-state index in [0.717, 1.165) is 21.8 Å². The first-order valence-corrected chi connectivity index (χ1v) is 13.9. The van der Waals surface area contributed by atoms with E-state index in [9.17, 15) is 24.5 Å². The molecule has 0 spiro atoms. The second-order valence-corrected chi connectivity index (χ2v) is 10.5. The smallest absolute Gasteiger partial charge is 0.379 e. The summed E-state index contributed by atoms with van der Waals surface area (Å²) in [6.07, 6.45) is -0.587. The van der Waals surface area contributed by atoms with Gasteiger partial charge < -0.3 is 9.30 Å². The molecule has 0 N–H and O–H groups in total. The Morgan fingerprint density at radius 2 is 1.69 bits per heavy atom. The number of Topliss-reactive ketones (excluding diaryl/α,β-unsaturated/α-hetero) is 2. The number of unbranched alkanes of at least 4 members (excludes halogenated alkanes) is 2. The number of nitrogens with zero attached hydrogens (tertiary/aromatic N) is 5. The quantitative estimate of drug-likeness (QED) is 0.0753. The Morgan fingerprint density at radius 1 is 1.07 bits per heavy atom. The molecular weight excluding hydrogens is 542 g/mol. The number of hydrogen-bond acceptors (Lipinski definition) is 10. The second kappa shape index (κ2) is 13.0. The molecule has 0 saturated carbocycles. The molecule has 0 radical (unpaired) electrons. The molecular formula is C30H33N5O7. The molecule has 0 atom stereocenters. The molecule has 1 aliphatic rings. The number of carbonyl (C=O) groups excluding carboxylic acids is 3. The summed E-state index contributed by atoms with van der Waals surface area (Å²) in [4.78, 5) is 54.5. The van der Waals surface area contributed by atoms with Gasteiger partial charge in [-0.3, -0.25) is 29.4 Å². The number of nitriles is 1. The van der Waals surface area contributed by atoms with Gasteiger partial charge in [-0.25, -0.2) is 0 Å². The highest BCUT2D eigenvalue weighted by Crippen LogP contribution is 2.32. The Labute approximate surface area is 242 Å². The Hall–Kier alpha value is -4.47. The molecule has 4 rings (SSSR count). The highest BCUT2D eigenvalue weighted by Gasteiger charge is 2.36. The van der Waals surface area contributed by atoms with Crippen LogP contribution in [0.4, 0.5) is 4.79 Å². The van der Waals surface area contributed by atoms with Crippen molar-refractivity contribution in [1.82, 2.24) is 9.47 Å². The Kier molecular flexibility index (Phi) is 9.45. The summed E-state index contributed by atoms with van der Waals surface area (Å²) in [6, 6.07) is 12.8. The van der Waals surface area contributed by atoms with Crippen molar-refractivity contribution in [3.05, 3.63) is 57.6 Å². The van der Waals surface area contributed by atoms with Crippen LogP contribution < -0.4 is 0 Å². The highest BCUT2D eigenvalue weighted by atomic mass is 16.8. The topological polar surface area (TPSA) is 157 Å². The minimum Gasteiger partial charge on any atom is -0.379 e. The van der Waals surface area contributed by atoms with Crippen molar-refractivity contribution in [2.45, 2.75) is 58.5 Å². The van der Waals surface area contributed by atoms with Crippen molar-refractivity contribution < 1.29 is 28.9 Å². The van der Waals surface area contributed by atoms with Crippen LogP contribution in [0.3, 0.4) is 0 Å². The standard InChI is InChI=1S/C30H33N5O7/c1-4-34-25-11-9-20(27(36)24(8-6-5-7-13-31)32-42-29(38)35(39)40)18-22(25)23-19-21(10-12-26(23)34)28(37)30(2,3)33-14-16-41-17-15-33/h9-12,18-19H,4-8,14-17H2,1-3H3/b32-24+. The van der Waals surface area contributed by atoms with E-state index < -0.39 is 22.3 Å². The summed E-state index contributed by atoms with van der Waals surface area (Å²) in [6.45, 7) is 8.98. The minimum atomic E-state index is -1.80. The third-order valence-corrected chi connectivity index (χ3v) is 7.66. The molecule has 1 aromatic heterocycles. The maximum atomic E-state index is 13.7. The summed E-state index contributed by atoms with van der Waals surface area (Å²) in [5.74, 6) is -0.571. The van der Waals surface area contributed by atoms with Crippen LogP contribution in [0, 0.1) is 21.4 Å². The molecule has 220 valence electrons. The zero-order valence-corrected chi connectivity index (χ0v) is 23.9. The first-order valence-electron chi connectivity index (χ1n) is 13.9. The number of benzene rings is 2. The van der Waals surface area contributed by atoms with Crippen LogP contribution in [-0.4, -0.2) is 69.6 Å². The lowest BCUT2D eigenvalue weighted by Crippen LogP contribution is -2.54. The van der Waals surface area contributed by atoms with E-state index >= 15 is 0 Å². The molecule has 12 heteroatoms. The number of nitro groups is 1. The van der Waals surface area contributed by atoms with E-state index in [0.29, 0.717) is 51.3 Å². The van der Waals surface area contributed by atoms with E-state index in [2.05, 4.69) is 19.5 Å². The molecule has 1 aliphatic heterocycles. The number of morpholine rings is 1. The van der Waals surface area contributed by atoms with Gasteiger partial charge in [0.05, 0.1) is 24.8 Å². The van der Waals surface area contributed by atoms with Gasteiger partial charge in [0.1, 0.15) is 10.6 Å². The third-order valence-electron chi connectivity index (χ3n) is 7.66. The SMILES string of the molecule is CCn1c2ccc(C(=O)/C(CCCCC#N)=N/OC(=O)[N+](=O)[O-])cc2c2cc(C(=O)C(C)(C)N3CCOCC3)ccc21. The second-order valence-electron chi connectivity index (χ2n) is 10.5. The van der Waals surface area contributed by atoms with Crippen molar-refractivity contribution in [2.75, 3.05) is 26.3 Å². The van der Waals surface area contributed by atoms with E-state index in [1.54, 1.807) is 12.1 Å². The molecule has 1 fully saturated rings. The van der Waals surface area contributed by atoms with Crippen LogP contribution in [0.1, 0.15) is 67.2 Å². The van der Waals surface area contributed by atoms with E-state index in [1.807, 2.05) is 51.1 Å².